The lowest BCUT2D eigenvalue weighted by Gasteiger charge is -2.15. The fourth-order valence-electron chi connectivity index (χ4n) is 1.34. The maximum absolute atomic E-state index is 12.0. The van der Waals surface area contributed by atoms with Crippen molar-refractivity contribution in [2.75, 3.05) is 20.1 Å². The molecule has 0 aliphatic heterocycles. The zero-order chi connectivity index (χ0) is 12.7. The number of rotatable bonds is 4. The maximum atomic E-state index is 12.0. The van der Waals surface area contributed by atoms with Crippen molar-refractivity contribution in [3.63, 3.8) is 0 Å². The van der Waals surface area contributed by atoms with Crippen LogP contribution in [0, 0.1) is 11.8 Å². The van der Waals surface area contributed by atoms with E-state index < -0.39 is 0 Å². The Kier molecular flexibility index (Phi) is 5.75. The lowest BCUT2D eigenvalue weighted by Crippen LogP contribution is -2.26. The van der Waals surface area contributed by atoms with Gasteiger partial charge in [-0.1, -0.05) is 25.2 Å². The number of thiophene rings is 1. The van der Waals surface area contributed by atoms with Crippen LogP contribution in [0.4, 0.5) is 0 Å². The number of nitrogens with two attached hydrogens (primary N) is 1. The summed E-state index contributed by atoms with van der Waals surface area (Å²) in [7, 11) is 1.84. The molecular weight excluding hydrogens is 232 g/mol. The molecule has 0 radical (unpaired) electrons. The molecule has 0 aliphatic carbocycles. The van der Waals surface area contributed by atoms with E-state index in [1.807, 2.05) is 19.2 Å². The molecule has 2 N–H and O–H groups in total. The lowest BCUT2D eigenvalue weighted by atomic mass is 10.3. The summed E-state index contributed by atoms with van der Waals surface area (Å²) in [6.07, 6.45) is 2.13. The molecule has 1 aromatic rings. The van der Waals surface area contributed by atoms with E-state index in [4.69, 9.17) is 5.73 Å². The lowest BCUT2D eigenvalue weighted by molar-refractivity contribution is 0.0798. The largest absolute Gasteiger partial charge is 0.341 e. The first-order valence-corrected chi connectivity index (χ1v) is 6.55. The van der Waals surface area contributed by atoms with Crippen molar-refractivity contribution in [3.8, 4) is 11.8 Å². The van der Waals surface area contributed by atoms with Gasteiger partial charge in [0.2, 0.25) is 0 Å². The minimum Gasteiger partial charge on any atom is -0.341 e. The van der Waals surface area contributed by atoms with E-state index in [2.05, 4.69) is 18.8 Å². The normalized spacial score (nSPS) is 9.59. The van der Waals surface area contributed by atoms with Crippen molar-refractivity contribution < 1.29 is 4.79 Å². The van der Waals surface area contributed by atoms with E-state index in [1.165, 1.54) is 11.3 Å². The molecule has 1 amide bonds. The molecular formula is C13H18N2OS. The van der Waals surface area contributed by atoms with Crippen LogP contribution in [0.5, 0.6) is 0 Å². The molecule has 0 spiro atoms. The van der Waals surface area contributed by atoms with Gasteiger partial charge >= 0.3 is 0 Å². The van der Waals surface area contributed by atoms with Gasteiger partial charge in [-0.05, 0) is 18.6 Å². The van der Waals surface area contributed by atoms with Gasteiger partial charge in [-0.3, -0.25) is 4.79 Å². The summed E-state index contributed by atoms with van der Waals surface area (Å²) in [5, 5.41) is 0. The molecule has 0 atom stereocenters. The first-order chi connectivity index (χ1) is 8.19. The summed E-state index contributed by atoms with van der Waals surface area (Å²) in [6.45, 7) is 3.26. The molecule has 3 nitrogen and oxygen atoms in total. The van der Waals surface area contributed by atoms with Crippen LogP contribution < -0.4 is 5.73 Å². The highest BCUT2D eigenvalue weighted by Gasteiger charge is 2.12. The predicted octanol–water partition coefficient (Wildman–Crippen LogP) is 1.93. The zero-order valence-electron chi connectivity index (χ0n) is 10.3. The first kappa shape index (κ1) is 13.8. The van der Waals surface area contributed by atoms with Crippen LogP contribution >= 0.6 is 11.3 Å². The van der Waals surface area contributed by atoms with E-state index in [0.29, 0.717) is 6.54 Å². The molecule has 0 saturated carbocycles. The van der Waals surface area contributed by atoms with Crippen LogP contribution in [0.25, 0.3) is 0 Å². The molecule has 1 heterocycles. The minimum atomic E-state index is 0.0734. The van der Waals surface area contributed by atoms with Crippen LogP contribution in [0.15, 0.2) is 12.1 Å². The van der Waals surface area contributed by atoms with E-state index in [1.54, 1.807) is 4.90 Å². The number of hydrogen-bond donors (Lipinski definition) is 1. The first-order valence-electron chi connectivity index (χ1n) is 5.73. The van der Waals surface area contributed by atoms with Crippen molar-refractivity contribution >= 4 is 17.2 Å². The predicted molar refractivity (Wildman–Crippen MR) is 72.1 cm³/mol. The molecule has 0 bridgehead atoms. The van der Waals surface area contributed by atoms with E-state index in [9.17, 15) is 4.79 Å². The molecule has 0 unspecified atom stereocenters. The fourth-order valence-corrected chi connectivity index (χ4v) is 2.22. The van der Waals surface area contributed by atoms with Gasteiger partial charge in [0.25, 0.3) is 5.91 Å². The molecule has 0 aromatic carbocycles. The average molecular weight is 250 g/mol. The molecule has 17 heavy (non-hydrogen) atoms. The molecule has 1 aromatic heterocycles. The SMILES string of the molecule is CCCCN(C)C(=O)c1ccc(C#CCN)s1. The Morgan fingerprint density at radius 3 is 2.94 bits per heavy atom. The van der Waals surface area contributed by atoms with Crippen molar-refractivity contribution in [2.45, 2.75) is 19.8 Å². The quantitative estimate of drug-likeness (QED) is 0.830. The van der Waals surface area contributed by atoms with Gasteiger partial charge in [0.05, 0.1) is 16.3 Å². The summed E-state index contributed by atoms with van der Waals surface area (Å²) < 4.78 is 0. The molecule has 1 rings (SSSR count). The van der Waals surface area contributed by atoms with Gasteiger partial charge in [0, 0.05) is 13.6 Å². The number of unbranched alkanes of at least 4 members (excludes halogenated alkanes) is 1. The van der Waals surface area contributed by atoms with Crippen molar-refractivity contribution in [1.29, 1.82) is 0 Å². The Hall–Kier alpha value is -1.31. The Bertz CT molecular complexity index is 428. The average Bonchev–Trinajstić information content (AvgIpc) is 2.81. The summed E-state index contributed by atoms with van der Waals surface area (Å²) >= 11 is 1.42. The molecule has 0 fully saturated rings. The molecule has 0 aliphatic rings. The van der Waals surface area contributed by atoms with Gasteiger partial charge in [-0.2, -0.15) is 0 Å². The summed E-state index contributed by atoms with van der Waals surface area (Å²) in [5.41, 5.74) is 5.30. The van der Waals surface area contributed by atoms with E-state index >= 15 is 0 Å². The third-order valence-electron chi connectivity index (χ3n) is 2.32. The highest BCUT2D eigenvalue weighted by atomic mass is 32.1. The van der Waals surface area contributed by atoms with Crippen molar-refractivity contribution in [1.82, 2.24) is 4.90 Å². The van der Waals surface area contributed by atoms with Gasteiger partial charge in [-0.25, -0.2) is 0 Å². The van der Waals surface area contributed by atoms with Crippen molar-refractivity contribution in [3.05, 3.63) is 21.9 Å². The Balaban J connectivity index is 2.66. The second kappa shape index (κ2) is 7.10. The standard InChI is InChI=1S/C13H18N2OS/c1-3-4-10-15(2)13(16)12-8-7-11(17-12)6-5-9-14/h7-8H,3-4,9-10,14H2,1-2H3. The number of amides is 1. The van der Waals surface area contributed by atoms with Gasteiger partial charge < -0.3 is 10.6 Å². The van der Waals surface area contributed by atoms with Gasteiger partial charge in [-0.15, -0.1) is 11.3 Å². The van der Waals surface area contributed by atoms with Crippen LogP contribution in [-0.4, -0.2) is 30.9 Å². The van der Waals surface area contributed by atoms with Crippen LogP contribution in [-0.2, 0) is 0 Å². The third-order valence-corrected chi connectivity index (χ3v) is 3.31. The van der Waals surface area contributed by atoms with Crippen molar-refractivity contribution in [2.24, 2.45) is 5.73 Å². The van der Waals surface area contributed by atoms with Crippen LogP contribution in [0.1, 0.15) is 34.3 Å². The van der Waals surface area contributed by atoms with Crippen LogP contribution in [0.2, 0.25) is 0 Å². The Morgan fingerprint density at radius 1 is 1.53 bits per heavy atom. The third kappa shape index (κ3) is 4.22. The van der Waals surface area contributed by atoms with Gasteiger partial charge in [0.15, 0.2) is 0 Å². The second-order valence-electron chi connectivity index (χ2n) is 3.75. The number of carbonyl (C=O) groups excluding carboxylic acids is 1. The topological polar surface area (TPSA) is 46.3 Å². The smallest absolute Gasteiger partial charge is 0.263 e. The zero-order valence-corrected chi connectivity index (χ0v) is 11.1. The number of nitrogens with zero attached hydrogens (tertiary/aromatic N) is 1. The second-order valence-corrected chi connectivity index (χ2v) is 4.83. The monoisotopic (exact) mass is 250 g/mol. The van der Waals surface area contributed by atoms with E-state index in [0.717, 1.165) is 29.1 Å². The number of hydrogen-bond acceptors (Lipinski definition) is 3. The Morgan fingerprint density at radius 2 is 2.29 bits per heavy atom. The highest BCUT2D eigenvalue weighted by molar-refractivity contribution is 7.14. The Labute approximate surface area is 107 Å². The van der Waals surface area contributed by atoms with Crippen LogP contribution in [0.3, 0.4) is 0 Å². The van der Waals surface area contributed by atoms with Gasteiger partial charge in [0.1, 0.15) is 0 Å². The molecule has 4 heteroatoms. The summed E-state index contributed by atoms with van der Waals surface area (Å²) in [4.78, 5) is 15.4. The minimum absolute atomic E-state index is 0.0734. The molecule has 92 valence electrons. The summed E-state index contributed by atoms with van der Waals surface area (Å²) in [6, 6.07) is 3.70. The fraction of sp³-hybridized carbons (Fsp3) is 0.462. The maximum Gasteiger partial charge on any atom is 0.263 e. The molecule has 0 saturated heterocycles. The summed E-state index contributed by atoms with van der Waals surface area (Å²) in [5.74, 6) is 5.79. The number of carbonyl (C=O) groups is 1. The highest BCUT2D eigenvalue weighted by Crippen LogP contribution is 2.17. The van der Waals surface area contributed by atoms with E-state index in [-0.39, 0.29) is 5.91 Å².